The van der Waals surface area contributed by atoms with Crippen molar-refractivity contribution in [2.75, 3.05) is 26.3 Å². The number of aliphatic hydroxyl groups excluding tert-OH is 1. The van der Waals surface area contributed by atoms with Gasteiger partial charge in [-0.2, -0.15) is 0 Å². The van der Waals surface area contributed by atoms with Crippen molar-refractivity contribution < 1.29 is 9.84 Å². The fourth-order valence-corrected chi connectivity index (χ4v) is 2.79. The van der Waals surface area contributed by atoms with Crippen LogP contribution < -0.4 is 5.73 Å². The molecule has 0 aromatic heterocycles. The number of ether oxygens (including phenoxy) is 1. The van der Waals surface area contributed by atoms with Gasteiger partial charge in [-0.05, 0) is 18.4 Å². The molecule has 1 aromatic carbocycles. The number of nitrogens with two attached hydrogens (primary N) is 1. The minimum absolute atomic E-state index is 0.0987. The first-order valence-electron chi connectivity index (χ1n) is 7.03. The predicted octanol–water partition coefficient (Wildman–Crippen LogP) is 1.29. The topological polar surface area (TPSA) is 58.7 Å². The predicted molar refractivity (Wildman–Crippen MR) is 83.7 cm³/mol. The molecule has 0 bridgehead atoms. The van der Waals surface area contributed by atoms with Crippen LogP contribution in [0.15, 0.2) is 24.3 Å². The maximum atomic E-state index is 8.77. The summed E-state index contributed by atoms with van der Waals surface area (Å²) in [6.45, 7) is 3.42. The Balaban J connectivity index is 1.88. The molecule has 4 nitrogen and oxygen atoms in total. The van der Waals surface area contributed by atoms with Gasteiger partial charge >= 0.3 is 0 Å². The molecule has 0 aliphatic carbocycles. The summed E-state index contributed by atoms with van der Waals surface area (Å²) in [6, 6.07) is 8.05. The molecule has 110 valence electrons. The lowest BCUT2D eigenvalue weighted by molar-refractivity contribution is -0.00901. The van der Waals surface area contributed by atoms with Crippen molar-refractivity contribution >= 4 is 17.2 Å². The molecule has 0 amide bonds. The summed E-state index contributed by atoms with van der Waals surface area (Å²) in [5.41, 5.74) is 7.93. The molecule has 0 spiro atoms. The standard InChI is InChI=1S/C15H22N2O2S/c16-15(20)14-4-2-1-3-12(14)11-17-7-5-13(6-8-17)19-10-9-18/h1-4,13,18H,5-11H2,(H2,16,20). The first kappa shape index (κ1) is 15.4. The van der Waals surface area contributed by atoms with Gasteiger partial charge in [-0.3, -0.25) is 4.90 Å². The molecule has 0 saturated carbocycles. The normalized spacial score (nSPS) is 17.2. The third-order valence-corrected chi connectivity index (χ3v) is 3.88. The maximum Gasteiger partial charge on any atom is 0.104 e. The molecule has 3 N–H and O–H groups in total. The molecule has 0 atom stereocenters. The zero-order valence-electron chi connectivity index (χ0n) is 11.6. The van der Waals surface area contributed by atoms with E-state index in [0.717, 1.165) is 38.0 Å². The lowest BCUT2D eigenvalue weighted by Crippen LogP contribution is -2.37. The second-order valence-corrected chi connectivity index (χ2v) is 5.53. The zero-order valence-corrected chi connectivity index (χ0v) is 12.4. The summed E-state index contributed by atoms with van der Waals surface area (Å²) in [7, 11) is 0. The zero-order chi connectivity index (χ0) is 14.4. The second-order valence-electron chi connectivity index (χ2n) is 5.09. The molecule has 0 unspecified atom stereocenters. The van der Waals surface area contributed by atoms with Crippen LogP contribution in [-0.4, -0.2) is 47.4 Å². The smallest absolute Gasteiger partial charge is 0.104 e. The van der Waals surface area contributed by atoms with Crippen molar-refractivity contribution in [1.29, 1.82) is 0 Å². The average molecular weight is 294 g/mol. The highest BCUT2D eigenvalue weighted by molar-refractivity contribution is 7.80. The van der Waals surface area contributed by atoms with E-state index < -0.39 is 0 Å². The van der Waals surface area contributed by atoms with E-state index in [1.807, 2.05) is 18.2 Å². The summed E-state index contributed by atoms with van der Waals surface area (Å²) >= 11 is 5.10. The first-order chi connectivity index (χ1) is 9.70. The molecule has 0 radical (unpaired) electrons. The number of hydrogen-bond acceptors (Lipinski definition) is 4. The maximum absolute atomic E-state index is 8.77. The van der Waals surface area contributed by atoms with Crippen molar-refractivity contribution in [1.82, 2.24) is 4.90 Å². The molecule has 2 rings (SSSR count). The highest BCUT2D eigenvalue weighted by atomic mass is 32.1. The van der Waals surface area contributed by atoms with Gasteiger partial charge in [0.2, 0.25) is 0 Å². The minimum Gasteiger partial charge on any atom is -0.394 e. The van der Waals surface area contributed by atoms with Gasteiger partial charge in [0.1, 0.15) is 4.99 Å². The molecular formula is C15H22N2O2S. The number of piperidine rings is 1. The Hall–Kier alpha value is -1.01. The summed E-state index contributed by atoms with van der Waals surface area (Å²) in [5.74, 6) is 0. The Morgan fingerprint density at radius 1 is 1.35 bits per heavy atom. The lowest BCUT2D eigenvalue weighted by atomic mass is 10.0. The molecule has 1 aliphatic rings. The van der Waals surface area contributed by atoms with Gasteiger partial charge < -0.3 is 15.6 Å². The van der Waals surface area contributed by atoms with E-state index in [1.165, 1.54) is 5.56 Å². The van der Waals surface area contributed by atoms with E-state index in [4.69, 9.17) is 27.8 Å². The number of thiocarbonyl (C=S) groups is 1. The number of likely N-dealkylation sites (tertiary alicyclic amines) is 1. The van der Waals surface area contributed by atoms with Crippen LogP contribution in [0.1, 0.15) is 24.0 Å². The molecule has 1 aromatic rings. The highest BCUT2D eigenvalue weighted by Crippen LogP contribution is 2.18. The van der Waals surface area contributed by atoms with E-state index in [1.54, 1.807) is 0 Å². The third kappa shape index (κ3) is 4.24. The molecule has 1 heterocycles. The Morgan fingerprint density at radius 3 is 2.70 bits per heavy atom. The SMILES string of the molecule is NC(=S)c1ccccc1CN1CCC(OCCO)CC1. The number of rotatable bonds is 6. The second kappa shape index (κ2) is 7.69. The Labute approximate surface area is 125 Å². The van der Waals surface area contributed by atoms with Gasteiger partial charge in [-0.25, -0.2) is 0 Å². The highest BCUT2D eigenvalue weighted by Gasteiger charge is 2.20. The van der Waals surface area contributed by atoms with E-state index in [0.29, 0.717) is 11.6 Å². The van der Waals surface area contributed by atoms with Crippen LogP contribution in [0, 0.1) is 0 Å². The van der Waals surface area contributed by atoms with Crippen LogP contribution >= 0.6 is 12.2 Å². The summed E-state index contributed by atoms with van der Waals surface area (Å²) in [4.78, 5) is 2.86. The van der Waals surface area contributed by atoms with Crippen LogP contribution in [0.3, 0.4) is 0 Å². The molecule has 20 heavy (non-hydrogen) atoms. The fraction of sp³-hybridized carbons (Fsp3) is 0.533. The number of benzene rings is 1. The van der Waals surface area contributed by atoms with Crippen molar-refractivity contribution in [2.24, 2.45) is 5.73 Å². The van der Waals surface area contributed by atoms with E-state index in [2.05, 4.69) is 11.0 Å². The molecule has 1 saturated heterocycles. The minimum atomic E-state index is 0.0987. The van der Waals surface area contributed by atoms with Crippen LogP contribution in [0.4, 0.5) is 0 Å². The van der Waals surface area contributed by atoms with Crippen molar-refractivity contribution in [2.45, 2.75) is 25.5 Å². The average Bonchev–Trinajstić information content (AvgIpc) is 2.47. The number of hydrogen-bond donors (Lipinski definition) is 2. The molecule has 5 heteroatoms. The van der Waals surface area contributed by atoms with Crippen LogP contribution in [0.5, 0.6) is 0 Å². The van der Waals surface area contributed by atoms with Gasteiger partial charge in [-0.15, -0.1) is 0 Å². The van der Waals surface area contributed by atoms with Gasteiger partial charge in [0, 0.05) is 25.2 Å². The quantitative estimate of drug-likeness (QED) is 0.774. The molecule has 1 aliphatic heterocycles. The first-order valence-corrected chi connectivity index (χ1v) is 7.44. The Bertz CT molecular complexity index is 445. The Morgan fingerprint density at radius 2 is 2.05 bits per heavy atom. The van der Waals surface area contributed by atoms with Crippen molar-refractivity contribution in [3.63, 3.8) is 0 Å². The van der Waals surface area contributed by atoms with Crippen molar-refractivity contribution in [3.05, 3.63) is 35.4 Å². The van der Waals surface area contributed by atoms with E-state index in [-0.39, 0.29) is 12.7 Å². The summed E-state index contributed by atoms with van der Waals surface area (Å²) < 4.78 is 5.58. The number of aliphatic hydroxyl groups is 1. The van der Waals surface area contributed by atoms with Crippen LogP contribution in [-0.2, 0) is 11.3 Å². The van der Waals surface area contributed by atoms with Gasteiger partial charge in [0.05, 0.1) is 19.3 Å². The van der Waals surface area contributed by atoms with E-state index in [9.17, 15) is 0 Å². The lowest BCUT2D eigenvalue weighted by Gasteiger charge is -2.32. The monoisotopic (exact) mass is 294 g/mol. The van der Waals surface area contributed by atoms with Crippen molar-refractivity contribution in [3.8, 4) is 0 Å². The van der Waals surface area contributed by atoms with Gasteiger partial charge in [0.15, 0.2) is 0 Å². The van der Waals surface area contributed by atoms with Gasteiger partial charge in [0.25, 0.3) is 0 Å². The molecular weight excluding hydrogens is 272 g/mol. The summed E-state index contributed by atoms with van der Waals surface area (Å²) in [5, 5.41) is 8.77. The Kier molecular flexibility index (Phi) is 5.91. The number of nitrogens with zero attached hydrogens (tertiary/aromatic N) is 1. The van der Waals surface area contributed by atoms with Crippen LogP contribution in [0.2, 0.25) is 0 Å². The fourth-order valence-electron chi connectivity index (χ4n) is 2.59. The van der Waals surface area contributed by atoms with E-state index >= 15 is 0 Å². The molecule has 1 fully saturated rings. The largest absolute Gasteiger partial charge is 0.394 e. The third-order valence-electron chi connectivity index (χ3n) is 3.66. The van der Waals surface area contributed by atoms with Gasteiger partial charge in [-0.1, -0.05) is 36.5 Å². The van der Waals surface area contributed by atoms with Crippen LogP contribution in [0.25, 0.3) is 0 Å². The summed E-state index contributed by atoms with van der Waals surface area (Å²) in [6.07, 6.45) is 2.30.